The Hall–Kier alpha value is -2.15. The number of likely N-dealkylation sites (tertiary alicyclic amines) is 1. The highest BCUT2D eigenvalue weighted by molar-refractivity contribution is 5.93. The van der Waals surface area contributed by atoms with Gasteiger partial charge in [0.25, 0.3) is 0 Å². The number of H-pyrrole nitrogens is 1. The van der Waals surface area contributed by atoms with Crippen LogP contribution in [0.1, 0.15) is 51.3 Å². The number of aromatic amines is 1. The summed E-state index contributed by atoms with van der Waals surface area (Å²) in [4.78, 5) is 14.9. The van der Waals surface area contributed by atoms with Crippen LogP contribution >= 0.6 is 0 Å². The SMILES string of the molecule is CC(C)n1nccc1NC(=O)[C@H](C)N1CCC[C@@H](c2ccn[nH]2)C1. The number of nitrogens with one attached hydrogen (secondary N) is 2. The number of anilines is 1. The van der Waals surface area contributed by atoms with Gasteiger partial charge in [0.05, 0.1) is 12.2 Å². The van der Waals surface area contributed by atoms with Crippen LogP contribution in [0.15, 0.2) is 24.5 Å². The lowest BCUT2D eigenvalue weighted by atomic mass is 9.94. The van der Waals surface area contributed by atoms with Gasteiger partial charge in [-0.15, -0.1) is 0 Å². The van der Waals surface area contributed by atoms with Crippen LogP contribution in [-0.2, 0) is 4.79 Å². The molecule has 130 valence electrons. The number of hydrogen-bond acceptors (Lipinski definition) is 4. The summed E-state index contributed by atoms with van der Waals surface area (Å²) >= 11 is 0. The highest BCUT2D eigenvalue weighted by Gasteiger charge is 2.29. The van der Waals surface area contributed by atoms with Gasteiger partial charge in [0.1, 0.15) is 5.82 Å². The van der Waals surface area contributed by atoms with Gasteiger partial charge in [0, 0.05) is 36.5 Å². The molecule has 0 saturated carbocycles. The second-order valence-corrected chi connectivity index (χ2v) is 6.77. The maximum absolute atomic E-state index is 12.7. The molecule has 7 heteroatoms. The molecular formula is C17H26N6O. The van der Waals surface area contributed by atoms with Crippen molar-refractivity contribution in [3.05, 3.63) is 30.2 Å². The van der Waals surface area contributed by atoms with Crippen molar-refractivity contribution in [1.29, 1.82) is 0 Å². The van der Waals surface area contributed by atoms with Gasteiger partial charge in [-0.3, -0.25) is 14.8 Å². The highest BCUT2D eigenvalue weighted by Crippen LogP contribution is 2.26. The van der Waals surface area contributed by atoms with E-state index in [9.17, 15) is 4.79 Å². The van der Waals surface area contributed by atoms with E-state index in [1.165, 1.54) is 0 Å². The van der Waals surface area contributed by atoms with E-state index < -0.39 is 0 Å². The zero-order chi connectivity index (χ0) is 17.1. The third-order valence-corrected chi connectivity index (χ3v) is 4.75. The molecule has 3 heterocycles. The molecule has 0 aromatic carbocycles. The van der Waals surface area contributed by atoms with Crippen molar-refractivity contribution in [2.45, 2.75) is 51.6 Å². The molecule has 1 aliphatic rings. The quantitative estimate of drug-likeness (QED) is 0.882. The third kappa shape index (κ3) is 3.51. The van der Waals surface area contributed by atoms with Crippen LogP contribution in [0.4, 0.5) is 5.82 Å². The van der Waals surface area contributed by atoms with Crippen LogP contribution < -0.4 is 5.32 Å². The van der Waals surface area contributed by atoms with E-state index in [0.29, 0.717) is 5.92 Å². The zero-order valence-electron chi connectivity index (χ0n) is 14.6. The molecule has 2 aromatic rings. The fourth-order valence-corrected chi connectivity index (χ4v) is 3.33. The van der Waals surface area contributed by atoms with Gasteiger partial charge in [-0.05, 0) is 46.2 Å². The van der Waals surface area contributed by atoms with E-state index in [1.54, 1.807) is 12.4 Å². The average Bonchev–Trinajstić information content (AvgIpc) is 3.25. The molecule has 2 aromatic heterocycles. The fourth-order valence-electron chi connectivity index (χ4n) is 3.33. The Morgan fingerprint density at radius 3 is 2.88 bits per heavy atom. The first-order valence-electron chi connectivity index (χ1n) is 8.64. The summed E-state index contributed by atoms with van der Waals surface area (Å²) in [5, 5.41) is 14.4. The molecule has 2 atom stereocenters. The average molecular weight is 330 g/mol. The number of amides is 1. The van der Waals surface area contributed by atoms with Crippen LogP contribution in [0, 0.1) is 0 Å². The van der Waals surface area contributed by atoms with Crippen LogP contribution in [0.3, 0.4) is 0 Å². The molecule has 0 aliphatic carbocycles. The smallest absolute Gasteiger partial charge is 0.242 e. The van der Waals surface area contributed by atoms with Gasteiger partial charge < -0.3 is 5.32 Å². The fraction of sp³-hybridized carbons (Fsp3) is 0.588. The third-order valence-electron chi connectivity index (χ3n) is 4.75. The predicted octanol–water partition coefficient (Wildman–Crippen LogP) is 2.39. The minimum Gasteiger partial charge on any atom is -0.310 e. The van der Waals surface area contributed by atoms with E-state index in [2.05, 4.69) is 25.5 Å². The minimum absolute atomic E-state index is 0.0164. The standard InChI is InChI=1S/C17H26N6O/c1-12(2)23-16(7-9-19-23)20-17(24)13(3)22-10-4-5-14(11-22)15-6-8-18-21-15/h6-9,12-14H,4-5,10-11H2,1-3H3,(H,18,21)(H,20,24)/t13-,14+/m0/s1. The Kier molecular flexibility index (Phi) is 4.99. The number of rotatable bonds is 5. The topological polar surface area (TPSA) is 78.8 Å². The van der Waals surface area contributed by atoms with Crippen molar-refractivity contribution < 1.29 is 4.79 Å². The molecule has 1 fully saturated rings. The van der Waals surface area contributed by atoms with Crippen LogP contribution in [0.25, 0.3) is 0 Å². The Balaban J connectivity index is 1.63. The number of carbonyl (C=O) groups is 1. The number of hydrogen-bond donors (Lipinski definition) is 2. The van der Waals surface area contributed by atoms with Crippen molar-refractivity contribution >= 4 is 11.7 Å². The lowest BCUT2D eigenvalue weighted by Gasteiger charge is -2.35. The van der Waals surface area contributed by atoms with E-state index in [0.717, 1.165) is 37.4 Å². The second-order valence-electron chi connectivity index (χ2n) is 6.77. The van der Waals surface area contributed by atoms with Crippen molar-refractivity contribution in [1.82, 2.24) is 24.9 Å². The van der Waals surface area contributed by atoms with Crippen molar-refractivity contribution in [3.63, 3.8) is 0 Å². The number of carbonyl (C=O) groups excluding carboxylic acids is 1. The Bertz CT molecular complexity index is 662. The summed E-state index contributed by atoms with van der Waals surface area (Å²) in [5.74, 6) is 1.18. The highest BCUT2D eigenvalue weighted by atomic mass is 16.2. The number of piperidine rings is 1. The summed E-state index contributed by atoms with van der Waals surface area (Å²) in [7, 11) is 0. The monoisotopic (exact) mass is 330 g/mol. The molecule has 24 heavy (non-hydrogen) atoms. The summed E-state index contributed by atoms with van der Waals surface area (Å²) in [6, 6.07) is 3.91. The Morgan fingerprint density at radius 2 is 2.17 bits per heavy atom. The predicted molar refractivity (Wildman–Crippen MR) is 92.8 cm³/mol. The van der Waals surface area contributed by atoms with Gasteiger partial charge in [0.2, 0.25) is 5.91 Å². The number of aromatic nitrogens is 4. The molecule has 0 radical (unpaired) electrons. The first-order valence-corrected chi connectivity index (χ1v) is 8.64. The van der Waals surface area contributed by atoms with Crippen LogP contribution in [0.2, 0.25) is 0 Å². The summed E-state index contributed by atoms with van der Waals surface area (Å²) < 4.78 is 1.83. The molecular weight excluding hydrogens is 304 g/mol. The number of nitrogens with zero attached hydrogens (tertiary/aromatic N) is 4. The van der Waals surface area contributed by atoms with E-state index in [1.807, 2.05) is 37.6 Å². The van der Waals surface area contributed by atoms with Gasteiger partial charge in [-0.1, -0.05) is 0 Å². The van der Waals surface area contributed by atoms with E-state index in [-0.39, 0.29) is 18.0 Å². The largest absolute Gasteiger partial charge is 0.310 e. The van der Waals surface area contributed by atoms with Gasteiger partial charge in [-0.2, -0.15) is 10.2 Å². The van der Waals surface area contributed by atoms with Gasteiger partial charge in [-0.25, -0.2) is 4.68 Å². The molecule has 3 rings (SSSR count). The Morgan fingerprint density at radius 1 is 1.33 bits per heavy atom. The molecule has 2 N–H and O–H groups in total. The van der Waals surface area contributed by atoms with Crippen molar-refractivity contribution in [2.24, 2.45) is 0 Å². The lowest BCUT2D eigenvalue weighted by Crippen LogP contribution is -2.46. The Labute approximate surface area is 142 Å². The molecule has 0 bridgehead atoms. The molecule has 1 amide bonds. The summed E-state index contributed by atoms with van der Waals surface area (Å²) in [5.41, 5.74) is 1.16. The zero-order valence-corrected chi connectivity index (χ0v) is 14.6. The molecule has 1 aliphatic heterocycles. The summed E-state index contributed by atoms with van der Waals surface area (Å²) in [6.45, 7) is 7.89. The summed E-state index contributed by atoms with van der Waals surface area (Å²) in [6.07, 6.45) is 5.73. The van der Waals surface area contributed by atoms with Crippen molar-refractivity contribution in [2.75, 3.05) is 18.4 Å². The normalized spacial score (nSPS) is 20.2. The second kappa shape index (κ2) is 7.17. The van der Waals surface area contributed by atoms with Gasteiger partial charge in [0.15, 0.2) is 0 Å². The maximum Gasteiger partial charge on any atom is 0.242 e. The molecule has 0 spiro atoms. The van der Waals surface area contributed by atoms with E-state index >= 15 is 0 Å². The molecule has 7 nitrogen and oxygen atoms in total. The molecule has 0 unspecified atom stereocenters. The van der Waals surface area contributed by atoms with Crippen LogP contribution in [0.5, 0.6) is 0 Å². The maximum atomic E-state index is 12.7. The minimum atomic E-state index is -0.175. The van der Waals surface area contributed by atoms with Crippen LogP contribution in [-0.4, -0.2) is 49.9 Å². The first kappa shape index (κ1) is 16.7. The van der Waals surface area contributed by atoms with E-state index in [4.69, 9.17) is 0 Å². The van der Waals surface area contributed by atoms with Gasteiger partial charge >= 0.3 is 0 Å². The first-order chi connectivity index (χ1) is 11.6. The lowest BCUT2D eigenvalue weighted by molar-refractivity contribution is -0.121. The molecule has 1 saturated heterocycles. The van der Waals surface area contributed by atoms with Crippen molar-refractivity contribution in [3.8, 4) is 0 Å².